The Bertz CT molecular complexity index is 1770. The van der Waals surface area contributed by atoms with Crippen LogP contribution in [0.4, 0.5) is 21.7 Å². The van der Waals surface area contributed by atoms with Gasteiger partial charge in [-0.05, 0) is 66.0 Å². The topological polar surface area (TPSA) is 127 Å². The summed E-state index contributed by atoms with van der Waals surface area (Å²) in [4.78, 5) is 24.2. The Hall–Kier alpha value is -3.36. The third-order valence-corrected chi connectivity index (χ3v) is 10.5. The number of piperazine rings is 1. The lowest BCUT2D eigenvalue weighted by atomic mass is 10.1. The predicted molar refractivity (Wildman–Crippen MR) is 159 cm³/mol. The monoisotopic (exact) mass is 644 g/mol. The molecule has 3 aromatic heterocycles. The SMILES string of the molecule is CC1CNCCN1c1ccc(Nc2ncc3cc(Br)c(=O)n(Cc4ccnn4S(=O)(=O)C4CCCC4)c3n2)cc1F. The van der Waals surface area contributed by atoms with E-state index in [0.29, 0.717) is 52.0 Å². The molecule has 6 rings (SSSR count). The van der Waals surface area contributed by atoms with Crippen molar-refractivity contribution in [3.8, 4) is 0 Å². The fourth-order valence-corrected chi connectivity index (χ4v) is 7.93. The maximum atomic E-state index is 15.1. The van der Waals surface area contributed by atoms with Gasteiger partial charge in [-0.2, -0.15) is 14.2 Å². The molecule has 4 aromatic rings. The number of anilines is 3. The number of fused-ring (bicyclic) bond motifs is 1. The van der Waals surface area contributed by atoms with Crippen molar-refractivity contribution < 1.29 is 12.8 Å². The fourth-order valence-electron chi connectivity index (χ4n) is 5.63. The molecular weight excluding hydrogens is 615 g/mol. The maximum Gasteiger partial charge on any atom is 0.266 e. The lowest BCUT2D eigenvalue weighted by Gasteiger charge is -2.36. The molecule has 11 nitrogen and oxygen atoms in total. The smallest absolute Gasteiger partial charge is 0.266 e. The van der Waals surface area contributed by atoms with E-state index in [1.807, 2.05) is 4.90 Å². The molecule has 1 aliphatic heterocycles. The highest BCUT2D eigenvalue weighted by Gasteiger charge is 2.32. The van der Waals surface area contributed by atoms with Crippen molar-refractivity contribution >= 4 is 54.3 Å². The Morgan fingerprint density at radius 2 is 2.00 bits per heavy atom. The summed E-state index contributed by atoms with van der Waals surface area (Å²) in [7, 11) is -3.70. The Balaban J connectivity index is 1.32. The highest BCUT2D eigenvalue weighted by molar-refractivity contribution is 9.10. The summed E-state index contributed by atoms with van der Waals surface area (Å²) >= 11 is 3.31. The van der Waals surface area contributed by atoms with Crippen LogP contribution in [0.3, 0.4) is 0 Å². The van der Waals surface area contributed by atoms with Crippen LogP contribution in [-0.2, 0) is 16.6 Å². The van der Waals surface area contributed by atoms with Crippen LogP contribution in [0, 0.1) is 5.82 Å². The molecule has 0 bridgehead atoms. The number of hydrogen-bond donors (Lipinski definition) is 2. The lowest BCUT2D eigenvalue weighted by Crippen LogP contribution is -2.50. The van der Waals surface area contributed by atoms with Gasteiger partial charge >= 0.3 is 0 Å². The van der Waals surface area contributed by atoms with E-state index in [0.717, 1.165) is 30.0 Å². The molecular formula is C27H30BrFN8O3S. The Morgan fingerprint density at radius 3 is 2.76 bits per heavy atom. The highest BCUT2D eigenvalue weighted by Crippen LogP contribution is 2.28. The molecule has 4 heterocycles. The molecule has 41 heavy (non-hydrogen) atoms. The highest BCUT2D eigenvalue weighted by atomic mass is 79.9. The maximum absolute atomic E-state index is 15.1. The number of benzene rings is 1. The second-order valence-corrected chi connectivity index (χ2v) is 13.4. The average molecular weight is 646 g/mol. The molecule has 1 unspecified atom stereocenters. The first kappa shape index (κ1) is 27.8. The van der Waals surface area contributed by atoms with Crippen molar-refractivity contribution in [1.29, 1.82) is 0 Å². The summed E-state index contributed by atoms with van der Waals surface area (Å²) in [6.07, 6.45) is 5.91. The van der Waals surface area contributed by atoms with E-state index in [1.165, 1.54) is 16.8 Å². The molecule has 0 radical (unpaired) electrons. The molecule has 2 fully saturated rings. The average Bonchev–Trinajstić information content (AvgIpc) is 3.66. The van der Waals surface area contributed by atoms with Crippen LogP contribution < -0.4 is 21.1 Å². The third-order valence-electron chi connectivity index (χ3n) is 7.77. The van der Waals surface area contributed by atoms with Crippen molar-refractivity contribution in [2.75, 3.05) is 29.9 Å². The second kappa shape index (κ2) is 11.1. The van der Waals surface area contributed by atoms with Gasteiger partial charge in [-0.3, -0.25) is 9.36 Å². The van der Waals surface area contributed by atoms with E-state index in [-0.39, 0.29) is 29.9 Å². The van der Waals surface area contributed by atoms with Gasteiger partial charge in [0.1, 0.15) is 11.5 Å². The Kier molecular flexibility index (Phi) is 7.55. The Labute approximate surface area is 245 Å². The molecule has 14 heteroatoms. The van der Waals surface area contributed by atoms with Crippen LogP contribution in [-0.4, -0.2) is 63.1 Å². The number of pyridine rings is 1. The molecule has 1 atom stereocenters. The van der Waals surface area contributed by atoms with Gasteiger partial charge in [0.2, 0.25) is 5.95 Å². The fraction of sp³-hybridized carbons (Fsp3) is 0.407. The van der Waals surface area contributed by atoms with Crippen molar-refractivity contribution in [1.82, 2.24) is 29.0 Å². The van der Waals surface area contributed by atoms with Crippen molar-refractivity contribution in [2.45, 2.75) is 50.4 Å². The molecule has 2 N–H and O–H groups in total. The van der Waals surface area contributed by atoms with Crippen LogP contribution in [0.2, 0.25) is 0 Å². The zero-order valence-electron chi connectivity index (χ0n) is 22.4. The molecule has 0 amide bonds. The van der Waals surface area contributed by atoms with Crippen molar-refractivity contribution in [2.24, 2.45) is 0 Å². The van der Waals surface area contributed by atoms with E-state index in [2.05, 4.69) is 48.6 Å². The minimum absolute atomic E-state index is 0.0661. The van der Waals surface area contributed by atoms with Crippen LogP contribution in [0.15, 0.2) is 52.0 Å². The first-order valence-corrected chi connectivity index (χ1v) is 15.9. The third kappa shape index (κ3) is 5.35. The summed E-state index contributed by atoms with van der Waals surface area (Å²) in [6, 6.07) is 8.28. The van der Waals surface area contributed by atoms with E-state index >= 15 is 4.39 Å². The number of aromatic nitrogens is 5. The van der Waals surface area contributed by atoms with Gasteiger partial charge in [-0.15, -0.1) is 0 Å². The van der Waals surface area contributed by atoms with Gasteiger partial charge in [0.15, 0.2) is 0 Å². The molecule has 1 aromatic carbocycles. The molecule has 2 aliphatic rings. The summed E-state index contributed by atoms with van der Waals surface area (Å²) in [5.41, 5.74) is 1.26. The molecule has 0 spiro atoms. The van der Waals surface area contributed by atoms with Gasteiger partial charge in [-0.25, -0.2) is 17.8 Å². The minimum Gasteiger partial charge on any atom is -0.364 e. The number of hydrogen-bond acceptors (Lipinski definition) is 9. The van der Waals surface area contributed by atoms with Gasteiger partial charge in [0, 0.05) is 42.9 Å². The van der Waals surface area contributed by atoms with E-state index in [4.69, 9.17) is 0 Å². The number of halogens is 2. The predicted octanol–water partition coefficient (Wildman–Crippen LogP) is 3.60. The summed E-state index contributed by atoms with van der Waals surface area (Å²) < 4.78 is 44.4. The summed E-state index contributed by atoms with van der Waals surface area (Å²) in [5, 5.41) is 10.5. The van der Waals surface area contributed by atoms with Crippen LogP contribution in [0.5, 0.6) is 0 Å². The first-order chi connectivity index (χ1) is 19.7. The molecule has 1 saturated heterocycles. The van der Waals surface area contributed by atoms with Crippen LogP contribution in [0.1, 0.15) is 38.3 Å². The first-order valence-electron chi connectivity index (χ1n) is 13.6. The lowest BCUT2D eigenvalue weighted by molar-refractivity contribution is 0.491. The molecule has 1 aliphatic carbocycles. The van der Waals surface area contributed by atoms with Crippen LogP contribution >= 0.6 is 15.9 Å². The van der Waals surface area contributed by atoms with Gasteiger partial charge < -0.3 is 15.5 Å². The summed E-state index contributed by atoms with van der Waals surface area (Å²) in [6.45, 7) is 4.28. The minimum atomic E-state index is -3.70. The van der Waals surface area contributed by atoms with E-state index in [9.17, 15) is 13.2 Å². The second-order valence-electron chi connectivity index (χ2n) is 10.5. The number of nitrogens with one attached hydrogen (secondary N) is 2. The molecule has 216 valence electrons. The quantitative estimate of drug-likeness (QED) is 0.310. The van der Waals surface area contributed by atoms with Crippen molar-refractivity contribution in [3.05, 3.63) is 69.1 Å². The standard InChI is InChI=1S/C27H30BrFN8O3S/c1-17-14-30-10-11-35(17)24-7-6-19(13-23(24)29)33-27-31-15-18-12-22(28)26(38)36(25(18)34-27)16-20-8-9-32-37(20)41(39,40)21-4-2-3-5-21/h6-9,12-13,15,17,21,30H,2-5,10-11,14,16H2,1H3,(H,31,33,34). The normalized spacial score (nSPS) is 18.3. The largest absolute Gasteiger partial charge is 0.364 e. The zero-order valence-corrected chi connectivity index (χ0v) is 24.8. The van der Waals surface area contributed by atoms with Gasteiger partial charge in [0.05, 0.1) is 33.8 Å². The van der Waals surface area contributed by atoms with E-state index < -0.39 is 15.3 Å². The zero-order chi connectivity index (χ0) is 28.7. The van der Waals surface area contributed by atoms with E-state index in [1.54, 1.807) is 30.5 Å². The van der Waals surface area contributed by atoms with Gasteiger partial charge in [-0.1, -0.05) is 12.8 Å². The van der Waals surface area contributed by atoms with Crippen LogP contribution in [0.25, 0.3) is 11.0 Å². The van der Waals surface area contributed by atoms with Gasteiger partial charge in [0.25, 0.3) is 15.6 Å². The number of rotatable bonds is 7. The van der Waals surface area contributed by atoms with Crippen molar-refractivity contribution in [3.63, 3.8) is 0 Å². The number of nitrogens with zero attached hydrogens (tertiary/aromatic N) is 6. The molecule has 1 saturated carbocycles. The Morgan fingerprint density at radius 1 is 1.20 bits per heavy atom. The summed E-state index contributed by atoms with van der Waals surface area (Å²) in [5.74, 6) is -0.190.